The minimum absolute atomic E-state index is 0.0386. The quantitative estimate of drug-likeness (QED) is 0.851. The smallest absolute Gasteiger partial charge is 0.226 e. The van der Waals surface area contributed by atoms with Gasteiger partial charge in [-0.1, -0.05) is 53.0 Å². The van der Waals surface area contributed by atoms with Crippen molar-refractivity contribution in [1.29, 1.82) is 0 Å². The van der Waals surface area contributed by atoms with Gasteiger partial charge in [0.1, 0.15) is 0 Å². The number of nitrogens with zero attached hydrogens (tertiary/aromatic N) is 1. The summed E-state index contributed by atoms with van der Waals surface area (Å²) in [6, 6.07) is 8.20. The maximum absolute atomic E-state index is 11.9. The maximum Gasteiger partial charge on any atom is 0.226 e. The molecule has 5 heteroatoms. The predicted molar refractivity (Wildman–Crippen MR) is 86.2 cm³/mol. The highest BCUT2D eigenvalue weighted by Gasteiger charge is 2.06. The van der Waals surface area contributed by atoms with Crippen molar-refractivity contribution in [1.82, 2.24) is 4.98 Å². The van der Waals surface area contributed by atoms with Gasteiger partial charge in [0, 0.05) is 6.42 Å². The van der Waals surface area contributed by atoms with Crippen molar-refractivity contribution >= 4 is 22.4 Å². The van der Waals surface area contributed by atoms with Crippen LogP contribution in [0.25, 0.3) is 0 Å². The van der Waals surface area contributed by atoms with E-state index in [0.717, 1.165) is 16.9 Å². The van der Waals surface area contributed by atoms with Crippen molar-refractivity contribution in [3.63, 3.8) is 0 Å². The number of aryl methyl sites for hydroxylation is 2. The number of anilines is 1. The molecule has 0 saturated heterocycles. The van der Waals surface area contributed by atoms with E-state index in [1.54, 1.807) is 6.20 Å². The van der Waals surface area contributed by atoms with Crippen molar-refractivity contribution in [2.24, 2.45) is 5.73 Å². The lowest BCUT2D eigenvalue weighted by molar-refractivity contribution is -0.116. The predicted octanol–water partition coefficient (Wildman–Crippen LogP) is 2.33. The normalized spacial score (nSPS) is 9.81. The molecule has 108 valence electrons. The molecule has 2 rings (SSSR count). The molecule has 0 unspecified atom stereocenters. The second kappa shape index (κ2) is 7.58. The molecule has 0 spiro atoms. The molecule has 0 atom stereocenters. The summed E-state index contributed by atoms with van der Waals surface area (Å²) in [6.07, 6.45) is 2.80. The molecule has 0 aliphatic carbocycles. The van der Waals surface area contributed by atoms with Gasteiger partial charge in [0.2, 0.25) is 5.91 Å². The van der Waals surface area contributed by atoms with Crippen molar-refractivity contribution < 1.29 is 4.79 Å². The molecule has 21 heavy (non-hydrogen) atoms. The molecule has 1 aromatic heterocycles. The molecule has 0 bridgehead atoms. The number of aromatic nitrogens is 1. The first-order chi connectivity index (χ1) is 10.2. The van der Waals surface area contributed by atoms with Crippen LogP contribution >= 0.6 is 11.3 Å². The van der Waals surface area contributed by atoms with Gasteiger partial charge in [-0.15, -0.1) is 0 Å². The monoisotopic (exact) mass is 299 g/mol. The fourth-order valence-corrected chi connectivity index (χ4v) is 2.43. The lowest BCUT2D eigenvalue weighted by Gasteiger charge is -2.02. The van der Waals surface area contributed by atoms with E-state index >= 15 is 0 Å². The summed E-state index contributed by atoms with van der Waals surface area (Å²) in [5.74, 6) is 5.61. The Morgan fingerprint density at radius 1 is 1.38 bits per heavy atom. The van der Waals surface area contributed by atoms with Gasteiger partial charge in [-0.25, -0.2) is 4.98 Å². The van der Waals surface area contributed by atoms with Crippen molar-refractivity contribution in [3.05, 3.63) is 46.5 Å². The lowest BCUT2D eigenvalue weighted by atomic mass is 10.1. The summed E-state index contributed by atoms with van der Waals surface area (Å²) in [4.78, 5) is 16.8. The fraction of sp³-hybridized carbons (Fsp3) is 0.250. The summed E-state index contributed by atoms with van der Waals surface area (Å²) < 4.78 is 0. The third kappa shape index (κ3) is 5.03. The molecular weight excluding hydrogens is 282 g/mol. The third-order valence-corrected chi connectivity index (χ3v) is 3.66. The molecule has 0 aliphatic rings. The van der Waals surface area contributed by atoms with E-state index in [1.165, 1.54) is 16.9 Å². The number of carbonyl (C=O) groups excluding carboxylic acids is 1. The standard InChI is InChI=1S/C16H17N3OS/c1-12-4-6-13(7-5-12)8-9-15(20)19-16-18-11-14(21-16)3-2-10-17/h4-7,11H,8-10,17H2,1H3,(H,18,19,20). The average molecular weight is 299 g/mol. The molecule has 1 amide bonds. The second-order valence-electron chi connectivity index (χ2n) is 4.57. The first-order valence-corrected chi connectivity index (χ1v) is 7.49. The zero-order valence-electron chi connectivity index (χ0n) is 11.8. The van der Waals surface area contributed by atoms with Crippen LogP contribution in [0, 0.1) is 18.8 Å². The van der Waals surface area contributed by atoms with Gasteiger partial charge in [-0.3, -0.25) is 4.79 Å². The van der Waals surface area contributed by atoms with Crippen LogP contribution in [0.5, 0.6) is 0 Å². The number of rotatable bonds is 4. The number of hydrogen-bond donors (Lipinski definition) is 2. The Kier molecular flexibility index (Phi) is 5.50. The molecule has 1 aromatic carbocycles. The Morgan fingerprint density at radius 3 is 2.86 bits per heavy atom. The van der Waals surface area contributed by atoms with Crippen LogP contribution in [0.4, 0.5) is 5.13 Å². The summed E-state index contributed by atoms with van der Waals surface area (Å²) in [5.41, 5.74) is 7.69. The van der Waals surface area contributed by atoms with E-state index in [2.05, 4.69) is 34.3 Å². The topological polar surface area (TPSA) is 68.0 Å². The Hall–Kier alpha value is -2.16. The summed E-state index contributed by atoms with van der Waals surface area (Å²) >= 11 is 1.35. The first-order valence-electron chi connectivity index (χ1n) is 6.67. The number of carbonyl (C=O) groups is 1. The van der Waals surface area contributed by atoms with Gasteiger partial charge in [0.15, 0.2) is 5.13 Å². The highest BCUT2D eigenvalue weighted by Crippen LogP contribution is 2.17. The van der Waals surface area contributed by atoms with Gasteiger partial charge in [0.05, 0.1) is 17.6 Å². The Morgan fingerprint density at radius 2 is 2.14 bits per heavy atom. The second-order valence-corrected chi connectivity index (χ2v) is 5.60. The number of benzene rings is 1. The van der Waals surface area contributed by atoms with Crippen LogP contribution in [0.1, 0.15) is 22.4 Å². The molecule has 2 aromatic rings. The zero-order chi connectivity index (χ0) is 15.1. The van der Waals surface area contributed by atoms with Crippen LogP contribution in [-0.2, 0) is 11.2 Å². The van der Waals surface area contributed by atoms with Crippen LogP contribution in [0.15, 0.2) is 30.5 Å². The van der Waals surface area contributed by atoms with Crippen molar-refractivity contribution in [2.45, 2.75) is 19.8 Å². The number of thiazole rings is 1. The van der Waals surface area contributed by atoms with Gasteiger partial charge in [-0.05, 0) is 18.9 Å². The summed E-state index contributed by atoms with van der Waals surface area (Å²) in [7, 11) is 0. The van der Waals surface area contributed by atoms with E-state index < -0.39 is 0 Å². The first kappa shape index (κ1) is 15.2. The number of nitrogens with one attached hydrogen (secondary N) is 1. The molecule has 1 heterocycles. The lowest BCUT2D eigenvalue weighted by Crippen LogP contribution is -2.11. The van der Waals surface area contributed by atoms with Crippen LogP contribution in [0.2, 0.25) is 0 Å². The minimum Gasteiger partial charge on any atom is -0.320 e. The molecule has 0 saturated carbocycles. The van der Waals surface area contributed by atoms with E-state index in [4.69, 9.17) is 5.73 Å². The molecule has 0 fully saturated rings. The number of hydrogen-bond acceptors (Lipinski definition) is 4. The van der Waals surface area contributed by atoms with E-state index in [0.29, 0.717) is 18.1 Å². The van der Waals surface area contributed by atoms with Crippen LogP contribution in [0.3, 0.4) is 0 Å². The Bertz CT molecular complexity index is 665. The van der Waals surface area contributed by atoms with E-state index in [-0.39, 0.29) is 5.91 Å². The summed E-state index contributed by atoms with van der Waals surface area (Å²) in [6.45, 7) is 2.36. The minimum atomic E-state index is -0.0386. The van der Waals surface area contributed by atoms with E-state index in [1.807, 2.05) is 19.1 Å². The van der Waals surface area contributed by atoms with Crippen LogP contribution in [-0.4, -0.2) is 17.4 Å². The highest BCUT2D eigenvalue weighted by atomic mass is 32.1. The number of nitrogens with two attached hydrogens (primary N) is 1. The van der Waals surface area contributed by atoms with Gasteiger partial charge in [-0.2, -0.15) is 0 Å². The highest BCUT2D eigenvalue weighted by molar-refractivity contribution is 7.16. The number of amides is 1. The van der Waals surface area contributed by atoms with E-state index in [9.17, 15) is 4.79 Å². The Balaban J connectivity index is 1.84. The zero-order valence-corrected chi connectivity index (χ0v) is 12.7. The van der Waals surface area contributed by atoms with Crippen LogP contribution < -0.4 is 11.1 Å². The molecular formula is C16H17N3OS. The third-order valence-electron chi connectivity index (χ3n) is 2.83. The average Bonchev–Trinajstić information content (AvgIpc) is 2.92. The maximum atomic E-state index is 11.9. The van der Waals surface area contributed by atoms with Gasteiger partial charge in [0.25, 0.3) is 0 Å². The largest absolute Gasteiger partial charge is 0.320 e. The van der Waals surface area contributed by atoms with Gasteiger partial charge >= 0.3 is 0 Å². The van der Waals surface area contributed by atoms with Crippen molar-refractivity contribution in [3.8, 4) is 11.8 Å². The molecule has 4 nitrogen and oxygen atoms in total. The molecule has 3 N–H and O–H groups in total. The molecule has 0 aliphatic heterocycles. The van der Waals surface area contributed by atoms with Gasteiger partial charge < -0.3 is 11.1 Å². The fourth-order valence-electron chi connectivity index (χ4n) is 1.72. The SMILES string of the molecule is Cc1ccc(CCC(=O)Nc2ncc(C#CCN)s2)cc1. The Labute approximate surface area is 128 Å². The van der Waals surface area contributed by atoms with Crippen molar-refractivity contribution in [2.75, 3.05) is 11.9 Å². The summed E-state index contributed by atoms with van der Waals surface area (Å²) in [5, 5.41) is 3.36. The molecule has 0 radical (unpaired) electrons.